The lowest BCUT2D eigenvalue weighted by Crippen LogP contribution is -2.54. The Labute approximate surface area is 207 Å². The van der Waals surface area contributed by atoms with Gasteiger partial charge in [-0.1, -0.05) is 57.3 Å². The Balaban J connectivity index is 1.55. The van der Waals surface area contributed by atoms with Gasteiger partial charge in [0.2, 0.25) is 0 Å². The fraction of sp³-hybridized carbons (Fsp3) is 0.0417. The van der Waals surface area contributed by atoms with Crippen LogP contribution in [0.4, 0.5) is 10.5 Å². The summed E-state index contributed by atoms with van der Waals surface area (Å²) in [6.07, 6.45) is 1.38. The lowest BCUT2D eigenvalue weighted by molar-refractivity contribution is -0.122. The molecule has 166 valence electrons. The summed E-state index contributed by atoms with van der Waals surface area (Å²) in [4.78, 5) is 38.5. The molecule has 3 aromatic rings. The maximum Gasteiger partial charge on any atom is 0.335 e. The molecule has 6 nitrogen and oxygen atoms in total. The van der Waals surface area contributed by atoms with Crippen molar-refractivity contribution in [2.75, 3.05) is 4.90 Å². The number of carbonyl (C=O) groups is 3. The number of nitrogens with zero attached hydrogens (tertiary/aromatic N) is 1. The molecule has 0 aliphatic carbocycles. The van der Waals surface area contributed by atoms with Crippen molar-refractivity contribution in [2.24, 2.45) is 0 Å². The summed E-state index contributed by atoms with van der Waals surface area (Å²) in [7, 11) is 0. The van der Waals surface area contributed by atoms with Crippen LogP contribution in [0.1, 0.15) is 11.1 Å². The van der Waals surface area contributed by atoms with E-state index >= 15 is 0 Å². The SMILES string of the molecule is O=C1NC(=O)N(c2ccc(Br)cc2)C(=O)/C1=C/c1ccc(OCc2ccc(Cl)cc2)c(Cl)c1. The summed E-state index contributed by atoms with van der Waals surface area (Å²) in [6.45, 7) is 0.294. The smallest absolute Gasteiger partial charge is 0.335 e. The van der Waals surface area contributed by atoms with Crippen LogP contribution < -0.4 is 15.0 Å². The lowest BCUT2D eigenvalue weighted by Gasteiger charge is -2.26. The van der Waals surface area contributed by atoms with Gasteiger partial charge in [-0.2, -0.15) is 0 Å². The maximum absolute atomic E-state index is 13.0. The first-order valence-electron chi connectivity index (χ1n) is 9.65. The molecule has 1 saturated heterocycles. The largest absolute Gasteiger partial charge is 0.487 e. The van der Waals surface area contributed by atoms with Gasteiger partial charge in [0, 0.05) is 9.50 Å². The van der Waals surface area contributed by atoms with Crippen molar-refractivity contribution in [3.63, 3.8) is 0 Å². The van der Waals surface area contributed by atoms with Gasteiger partial charge in [0.25, 0.3) is 11.8 Å². The van der Waals surface area contributed by atoms with Crippen LogP contribution in [0.25, 0.3) is 6.08 Å². The Bertz CT molecular complexity index is 1270. The molecular weight excluding hydrogens is 531 g/mol. The molecule has 4 amide bonds. The second kappa shape index (κ2) is 9.79. The number of amides is 4. The summed E-state index contributed by atoms with van der Waals surface area (Å²) < 4.78 is 6.54. The molecule has 9 heteroatoms. The van der Waals surface area contributed by atoms with Gasteiger partial charge in [-0.05, 0) is 65.7 Å². The summed E-state index contributed by atoms with van der Waals surface area (Å²) in [5.41, 5.74) is 1.57. The van der Waals surface area contributed by atoms with Crippen molar-refractivity contribution in [3.05, 3.63) is 97.9 Å². The van der Waals surface area contributed by atoms with Crippen LogP contribution >= 0.6 is 39.1 Å². The quantitative estimate of drug-likeness (QED) is 0.315. The van der Waals surface area contributed by atoms with E-state index in [1.54, 1.807) is 54.6 Å². The Morgan fingerprint density at radius 2 is 1.64 bits per heavy atom. The van der Waals surface area contributed by atoms with Gasteiger partial charge in [0.05, 0.1) is 10.7 Å². The maximum atomic E-state index is 13.0. The third-order valence-electron chi connectivity index (χ3n) is 4.76. The molecule has 33 heavy (non-hydrogen) atoms. The molecule has 4 rings (SSSR count). The summed E-state index contributed by atoms with van der Waals surface area (Å²) in [5.74, 6) is -1.07. The topological polar surface area (TPSA) is 75.7 Å². The van der Waals surface area contributed by atoms with Crippen LogP contribution in [0.2, 0.25) is 10.0 Å². The number of benzene rings is 3. The first-order chi connectivity index (χ1) is 15.8. The number of ether oxygens (including phenoxy) is 1. The number of anilines is 1. The van der Waals surface area contributed by atoms with E-state index in [2.05, 4.69) is 21.2 Å². The van der Waals surface area contributed by atoms with E-state index in [0.717, 1.165) is 14.9 Å². The molecule has 0 spiro atoms. The van der Waals surface area contributed by atoms with E-state index in [9.17, 15) is 14.4 Å². The number of halogens is 3. The molecule has 0 atom stereocenters. The van der Waals surface area contributed by atoms with E-state index in [1.165, 1.54) is 6.08 Å². The number of rotatable bonds is 5. The van der Waals surface area contributed by atoms with Gasteiger partial charge in [0.15, 0.2) is 0 Å². The second-order valence-corrected chi connectivity index (χ2v) is 8.80. The Morgan fingerprint density at radius 3 is 2.30 bits per heavy atom. The molecule has 1 aliphatic heterocycles. The van der Waals surface area contributed by atoms with Crippen LogP contribution in [-0.4, -0.2) is 17.8 Å². The van der Waals surface area contributed by atoms with Crippen LogP contribution in [0.5, 0.6) is 5.75 Å². The third kappa shape index (κ3) is 5.27. The Kier molecular flexibility index (Phi) is 6.83. The third-order valence-corrected chi connectivity index (χ3v) is 5.84. The number of nitrogens with one attached hydrogen (secondary N) is 1. The van der Waals surface area contributed by atoms with Crippen molar-refractivity contribution in [1.82, 2.24) is 5.32 Å². The molecule has 0 aromatic heterocycles. The zero-order valence-electron chi connectivity index (χ0n) is 16.8. The van der Waals surface area contributed by atoms with Gasteiger partial charge in [-0.3, -0.25) is 14.9 Å². The van der Waals surface area contributed by atoms with Gasteiger partial charge in [-0.25, -0.2) is 9.69 Å². The first kappa shape index (κ1) is 23.0. The van der Waals surface area contributed by atoms with Crippen molar-refractivity contribution < 1.29 is 19.1 Å². The highest BCUT2D eigenvalue weighted by atomic mass is 79.9. The second-order valence-electron chi connectivity index (χ2n) is 7.04. The zero-order chi connectivity index (χ0) is 23.5. The highest BCUT2D eigenvalue weighted by Crippen LogP contribution is 2.29. The molecule has 0 unspecified atom stereocenters. The number of imide groups is 2. The molecule has 3 aromatic carbocycles. The predicted octanol–water partition coefficient (Wildman–Crippen LogP) is 6.00. The van der Waals surface area contributed by atoms with Gasteiger partial charge < -0.3 is 4.74 Å². The average Bonchev–Trinajstić information content (AvgIpc) is 2.78. The van der Waals surface area contributed by atoms with E-state index in [-0.39, 0.29) is 5.57 Å². The van der Waals surface area contributed by atoms with Crippen molar-refractivity contribution in [1.29, 1.82) is 0 Å². The minimum absolute atomic E-state index is 0.191. The van der Waals surface area contributed by atoms with Gasteiger partial charge in [-0.15, -0.1) is 0 Å². The minimum atomic E-state index is -0.812. The zero-order valence-corrected chi connectivity index (χ0v) is 19.9. The van der Waals surface area contributed by atoms with E-state index in [1.807, 2.05) is 12.1 Å². The summed E-state index contributed by atoms with van der Waals surface area (Å²) in [5, 5.41) is 3.14. The summed E-state index contributed by atoms with van der Waals surface area (Å²) >= 11 is 15.5. The van der Waals surface area contributed by atoms with E-state index in [0.29, 0.717) is 33.7 Å². The highest BCUT2D eigenvalue weighted by Gasteiger charge is 2.36. The average molecular weight is 546 g/mol. The Morgan fingerprint density at radius 1 is 0.939 bits per heavy atom. The van der Waals surface area contributed by atoms with Crippen LogP contribution in [0.15, 0.2) is 76.8 Å². The molecule has 0 radical (unpaired) electrons. The lowest BCUT2D eigenvalue weighted by atomic mass is 10.1. The summed E-state index contributed by atoms with van der Waals surface area (Å²) in [6, 6.07) is 17.9. The number of hydrogen-bond donors (Lipinski definition) is 1. The minimum Gasteiger partial charge on any atom is -0.487 e. The molecule has 1 fully saturated rings. The Hall–Kier alpha value is -3.13. The van der Waals surface area contributed by atoms with Gasteiger partial charge >= 0.3 is 6.03 Å². The molecule has 1 heterocycles. The molecule has 0 saturated carbocycles. The number of urea groups is 1. The van der Waals surface area contributed by atoms with E-state index < -0.39 is 17.8 Å². The van der Waals surface area contributed by atoms with E-state index in [4.69, 9.17) is 27.9 Å². The monoisotopic (exact) mass is 544 g/mol. The number of carbonyl (C=O) groups excluding carboxylic acids is 3. The first-order valence-corrected chi connectivity index (χ1v) is 11.2. The highest BCUT2D eigenvalue weighted by molar-refractivity contribution is 9.10. The standard InChI is InChI=1S/C24H15BrCl2N2O4/c25-16-4-8-18(9-5-16)29-23(31)19(22(30)28-24(29)32)11-15-3-10-21(20(27)12-15)33-13-14-1-6-17(26)7-2-14/h1-12H,13H2,(H,28,30,32)/b19-11+. The van der Waals surface area contributed by atoms with Gasteiger partial charge in [0.1, 0.15) is 17.9 Å². The molecule has 0 bridgehead atoms. The van der Waals surface area contributed by atoms with Crippen LogP contribution in [0.3, 0.4) is 0 Å². The molecule has 1 N–H and O–H groups in total. The number of barbiturate groups is 1. The van der Waals surface area contributed by atoms with Crippen LogP contribution in [-0.2, 0) is 16.2 Å². The molecule has 1 aliphatic rings. The molecular formula is C24H15BrCl2N2O4. The van der Waals surface area contributed by atoms with Crippen molar-refractivity contribution in [3.8, 4) is 5.75 Å². The fourth-order valence-corrected chi connectivity index (χ4v) is 3.75. The fourth-order valence-electron chi connectivity index (χ4n) is 3.11. The number of hydrogen-bond acceptors (Lipinski definition) is 4. The normalized spacial score (nSPS) is 15.1. The van der Waals surface area contributed by atoms with Crippen LogP contribution in [0, 0.1) is 0 Å². The van der Waals surface area contributed by atoms with Crippen molar-refractivity contribution in [2.45, 2.75) is 6.61 Å². The van der Waals surface area contributed by atoms with Crippen molar-refractivity contribution >= 4 is 68.7 Å². The predicted molar refractivity (Wildman–Crippen MR) is 130 cm³/mol.